The lowest BCUT2D eigenvalue weighted by atomic mass is 10.0. The average molecular weight is 208 g/mol. The molecule has 2 N–H and O–H groups in total. The van der Waals surface area contributed by atoms with Gasteiger partial charge in [0.25, 0.3) is 0 Å². The van der Waals surface area contributed by atoms with Crippen molar-refractivity contribution in [2.75, 3.05) is 11.9 Å². The molecule has 0 aliphatic carbocycles. The molecule has 80 valence electrons. The van der Waals surface area contributed by atoms with Crippen molar-refractivity contribution in [1.82, 2.24) is 20.2 Å². The van der Waals surface area contributed by atoms with Crippen molar-refractivity contribution in [2.24, 2.45) is 5.73 Å². The Morgan fingerprint density at radius 3 is 2.80 bits per heavy atom. The van der Waals surface area contributed by atoms with Gasteiger partial charge in [-0.15, -0.1) is 0 Å². The number of hydrogen-bond acceptors (Lipinski definition) is 5. The quantitative estimate of drug-likeness (QED) is 0.668. The fourth-order valence-corrected chi connectivity index (χ4v) is 1.80. The van der Waals surface area contributed by atoms with Crippen LogP contribution in [-0.2, 0) is 4.79 Å². The normalized spacial score (nSPS) is 20.5. The molecule has 7 heteroatoms. The van der Waals surface area contributed by atoms with Crippen LogP contribution >= 0.6 is 0 Å². The van der Waals surface area contributed by atoms with Gasteiger partial charge >= 0.3 is 0 Å². The molecule has 1 amide bonds. The number of carbonyl (C=O) groups is 1. The molecule has 2 rings (SSSR count). The Hall–Kier alpha value is -1.92. The van der Waals surface area contributed by atoms with E-state index in [1.165, 1.54) is 0 Å². The lowest BCUT2D eigenvalue weighted by molar-refractivity contribution is -0.115. The number of nitrogens with two attached hydrogens (primary N) is 1. The number of anilines is 1. The monoisotopic (exact) mass is 208 g/mol. The standard InChI is InChI=1S/C8H12N6O/c1-4-6(7(9)15)5(2)14-8(13(4)3)10-11-12-14/h5H,1-3H3,(H2,9,15). The molecule has 1 aromatic heterocycles. The van der Waals surface area contributed by atoms with E-state index in [-0.39, 0.29) is 6.04 Å². The van der Waals surface area contributed by atoms with Crippen LogP contribution in [0.3, 0.4) is 0 Å². The Labute approximate surface area is 86.5 Å². The highest BCUT2D eigenvalue weighted by molar-refractivity contribution is 5.94. The molecule has 1 aliphatic rings. The van der Waals surface area contributed by atoms with Crippen LogP contribution in [0, 0.1) is 0 Å². The smallest absolute Gasteiger partial charge is 0.250 e. The van der Waals surface area contributed by atoms with Crippen LogP contribution < -0.4 is 10.6 Å². The topological polar surface area (TPSA) is 89.9 Å². The molecule has 15 heavy (non-hydrogen) atoms. The van der Waals surface area contributed by atoms with Crippen LogP contribution in [0.2, 0.25) is 0 Å². The number of primary amides is 1. The summed E-state index contributed by atoms with van der Waals surface area (Å²) in [6.45, 7) is 3.67. The number of allylic oxidation sites excluding steroid dienone is 1. The van der Waals surface area contributed by atoms with Gasteiger partial charge in [0, 0.05) is 12.7 Å². The zero-order valence-electron chi connectivity index (χ0n) is 8.80. The average Bonchev–Trinajstić information content (AvgIpc) is 2.62. The third-order valence-corrected chi connectivity index (χ3v) is 2.72. The summed E-state index contributed by atoms with van der Waals surface area (Å²) in [5.41, 5.74) is 6.66. The third-order valence-electron chi connectivity index (χ3n) is 2.72. The predicted octanol–water partition coefficient (Wildman–Crippen LogP) is -0.557. The predicted molar refractivity (Wildman–Crippen MR) is 52.8 cm³/mol. The van der Waals surface area contributed by atoms with Crippen molar-refractivity contribution in [1.29, 1.82) is 0 Å². The van der Waals surface area contributed by atoms with Crippen molar-refractivity contribution in [2.45, 2.75) is 19.9 Å². The molecule has 1 atom stereocenters. The van der Waals surface area contributed by atoms with Crippen molar-refractivity contribution in [3.63, 3.8) is 0 Å². The maximum absolute atomic E-state index is 11.3. The first-order valence-electron chi connectivity index (χ1n) is 4.56. The number of amides is 1. The first-order valence-corrected chi connectivity index (χ1v) is 4.56. The van der Waals surface area contributed by atoms with E-state index in [0.717, 1.165) is 5.70 Å². The van der Waals surface area contributed by atoms with Gasteiger partial charge in [-0.25, -0.2) is 4.68 Å². The molecule has 1 aromatic rings. The van der Waals surface area contributed by atoms with Gasteiger partial charge in [0.1, 0.15) is 0 Å². The minimum absolute atomic E-state index is 0.219. The summed E-state index contributed by atoms with van der Waals surface area (Å²) in [5, 5.41) is 11.3. The molecule has 0 fully saturated rings. The Morgan fingerprint density at radius 2 is 2.20 bits per heavy atom. The zero-order chi connectivity index (χ0) is 11.2. The fourth-order valence-electron chi connectivity index (χ4n) is 1.80. The SMILES string of the molecule is CC1=C(C(N)=O)C(C)n2nnnc2N1C. The van der Waals surface area contributed by atoms with Crippen molar-refractivity contribution < 1.29 is 4.79 Å². The summed E-state index contributed by atoms with van der Waals surface area (Å²) in [6, 6.07) is -0.219. The van der Waals surface area contributed by atoms with E-state index < -0.39 is 5.91 Å². The van der Waals surface area contributed by atoms with Crippen LogP contribution in [0.4, 0.5) is 5.95 Å². The van der Waals surface area contributed by atoms with E-state index in [9.17, 15) is 4.79 Å². The lowest BCUT2D eigenvalue weighted by Gasteiger charge is -2.29. The molecular weight excluding hydrogens is 196 g/mol. The largest absolute Gasteiger partial charge is 0.366 e. The molecule has 7 nitrogen and oxygen atoms in total. The van der Waals surface area contributed by atoms with E-state index in [4.69, 9.17) is 5.73 Å². The van der Waals surface area contributed by atoms with E-state index in [0.29, 0.717) is 11.5 Å². The Bertz CT molecular complexity index is 448. The molecular formula is C8H12N6O. The van der Waals surface area contributed by atoms with Gasteiger partial charge in [-0.2, -0.15) is 0 Å². The van der Waals surface area contributed by atoms with Crippen LogP contribution in [-0.4, -0.2) is 33.2 Å². The highest BCUT2D eigenvalue weighted by Crippen LogP contribution is 2.31. The molecule has 1 aliphatic heterocycles. The summed E-state index contributed by atoms with van der Waals surface area (Å²) in [6.07, 6.45) is 0. The number of aromatic nitrogens is 4. The summed E-state index contributed by atoms with van der Waals surface area (Å²) in [5.74, 6) is 0.179. The zero-order valence-corrected chi connectivity index (χ0v) is 8.80. The lowest BCUT2D eigenvalue weighted by Crippen LogP contribution is -2.34. The molecule has 2 heterocycles. The number of tetrazole rings is 1. The Balaban J connectivity index is 2.59. The number of rotatable bonds is 1. The molecule has 0 aromatic carbocycles. The van der Waals surface area contributed by atoms with E-state index in [1.807, 2.05) is 13.8 Å². The number of nitrogens with zero attached hydrogens (tertiary/aromatic N) is 5. The number of hydrogen-bond donors (Lipinski definition) is 1. The van der Waals surface area contributed by atoms with Crippen LogP contribution in [0.15, 0.2) is 11.3 Å². The van der Waals surface area contributed by atoms with Gasteiger partial charge in [0.05, 0.1) is 11.6 Å². The van der Waals surface area contributed by atoms with Crippen molar-refractivity contribution >= 4 is 11.9 Å². The van der Waals surface area contributed by atoms with E-state index >= 15 is 0 Å². The minimum atomic E-state index is -0.437. The summed E-state index contributed by atoms with van der Waals surface area (Å²) in [4.78, 5) is 13.1. The highest BCUT2D eigenvalue weighted by atomic mass is 16.1. The summed E-state index contributed by atoms with van der Waals surface area (Å²) < 4.78 is 1.58. The van der Waals surface area contributed by atoms with E-state index in [2.05, 4.69) is 15.5 Å². The first-order chi connectivity index (χ1) is 7.04. The van der Waals surface area contributed by atoms with Gasteiger partial charge < -0.3 is 10.6 Å². The second-order valence-corrected chi connectivity index (χ2v) is 3.52. The summed E-state index contributed by atoms with van der Waals surface area (Å²) >= 11 is 0. The van der Waals surface area contributed by atoms with Gasteiger partial charge in [-0.3, -0.25) is 4.79 Å². The second kappa shape index (κ2) is 3.04. The molecule has 0 saturated heterocycles. The Morgan fingerprint density at radius 1 is 1.53 bits per heavy atom. The van der Waals surface area contributed by atoms with Gasteiger partial charge in [0.15, 0.2) is 0 Å². The maximum atomic E-state index is 11.3. The summed E-state index contributed by atoms with van der Waals surface area (Å²) in [7, 11) is 1.80. The molecule has 0 spiro atoms. The third kappa shape index (κ3) is 1.19. The van der Waals surface area contributed by atoms with Crippen molar-refractivity contribution in [3.8, 4) is 0 Å². The van der Waals surface area contributed by atoms with Gasteiger partial charge in [-0.1, -0.05) is 5.10 Å². The van der Waals surface area contributed by atoms with Crippen LogP contribution in [0.25, 0.3) is 0 Å². The molecule has 0 saturated carbocycles. The van der Waals surface area contributed by atoms with Gasteiger partial charge in [-0.05, 0) is 24.3 Å². The minimum Gasteiger partial charge on any atom is -0.366 e. The Kier molecular flexibility index (Phi) is 1.95. The van der Waals surface area contributed by atoms with Crippen LogP contribution in [0.1, 0.15) is 19.9 Å². The van der Waals surface area contributed by atoms with Crippen molar-refractivity contribution in [3.05, 3.63) is 11.3 Å². The van der Waals surface area contributed by atoms with Crippen LogP contribution in [0.5, 0.6) is 0 Å². The number of fused-ring (bicyclic) bond motifs is 1. The maximum Gasteiger partial charge on any atom is 0.250 e. The molecule has 0 radical (unpaired) electrons. The molecule has 0 bridgehead atoms. The van der Waals surface area contributed by atoms with Gasteiger partial charge in [0.2, 0.25) is 11.9 Å². The fraction of sp³-hybridized carbons (Fsp3) is 0.500. The first kappa shape index (κ1) is 9.63. The highest BCUT2D eigenvalue weighted by Gasteiger charge is 2.31. The molecule has 1 unspecified atom stereocenters. The second-order valence-electron chi connectivity index (χ2n) is 3.52. The number of carbonyl (C=O) groups excluding carboxylic acids is 1. The van der Waals surface area contributed by atoms with E-state index in [1.54, 1.807) is 16.6 Å².